The third-order valence-electron chi connectivity index (χ3n) is 2.18. The number of carbonyl (C=O) groups is 1. The van der Waals surface area contributed by atoms with E-state index in [2.05, 4.69) is 4.98 Å². The normalized spacial score (nSPS) is 9.75. The summed E-state index contributed by atoms with van der Waals surface area (Å²) in [5.41, 5.74) is 8.02. The van der Waals surface area contributed by atoms with Gasteiger partial charge in [-0.25, -0.2) is 0 Å². The molecule has 0 saturated carbocycles. The van der Waals surface area contributed by atoms with E-state index in [0.29, 0.717) is 17.9 Å². The molecular weight excluding hydrogens is 204 g/mol. The Morgan fingerprint density at radius 3 is 2.62 bits per heavy atom. The van der Waals surface area contributed by atoms with Crippen LogP contribution < -0.4 is 10.5 Å². The fraction of sp³-hybridized carbons (Fsp3) is 0. The molecular formula is C12H10N2O2. The summed E-state index contributed by atoms with van der Waals surface area (Å²) < 4.78 is 4.85. The van der Waals surface area contributed by atoms with Crippen molar-refractivity contribution in [3.63, 3.8) is 0 Å². The molecule has 80 valence electrons. The average molecular weight is 214 g/mol. The molecule has 0 radical (unpaired) electrons. The summed E-state index contributed by atoms with van der Waals surface area (Å²) in [5, 5.41) is 0. The van der Waals surface area contributed by atoms with E-state index >= 15 is 0 Å². The Labute approximate surface area is 92.7 Å². The molecule has 1 aromatic heterocycles. The third-order valence-corrected chi connectivity index (χ3v) is 2.18. The second kappa shape index (κ2) is 4.44. The molecule has 2 aromatic rings. The molecule has 4 nitrogen and oxygen atoms in total. The van der Waals surface area contributed by atoms with Gasteiger partial charge in [-0.2, -0.15) is 0 Å². The summed E-state index contributed by atoms with van der Waals surface area (Å²) in [7, 11) is 0. The lowest BCUT2D eigenvalue weighted by Crippen LogP contribution is -1.93. The first-order chi connectivity index (χ1) is 7.81. The van der Waals surface area contributed by atoms with E-state index in [0.717, 1.165) is 11.1 Å². The molecule has 1 aromatic carbocycles. The van der Waals surface area contributed by atoms with Gasteiger partial charge in [0.05, 0.1) is 6.20 Å². The highest BCUT2D eigenvalue weighted by Gasteiger charge is 2.05. The molecule has 0 aliphatic carbocycles. The van der Waals surface area contributed by atoms with E-state index in [1.54, 1.807) is 24.4 Å². The van der Waals surface area contributed by atoms with E-state index in [1.807, 2.05) is 12.1 Å². The topological polar surface area (TPSA) is 65.2 Å². The number of nitrogens with two attached hydrogens (primary N) is 1. The van der Waals surface area contributed by atoms with Crippen LogP contribution in [0.3, 0.4) is 0 Å². The molecule has 0 amide bonds. The molecule has 4 heteroatoms. The summed E-state index contributed by atoms with van der Waals surface area (Å²) in [6, 6.07) is 9.09. The Kier molecular flexibility index (Phi) is 2.82. The minimum Gasteiger partial charge on any atom is -0.426 e. The van der Waals surface area contributed by atoms with Crippen LogP contribution >= 0.6 is 0 Å². The first-order valence-electron chi connectivity index (χ1n) is 4.71. The summed E-state index contributed by atoms with van der Waals surface area (Å²) >= 11 is 0. The van der Waals surface area contributed by atoms with Crippen molar-refractivity contribution in [1.29, 1.82) is 0 Å². The highest BCUT2D eigenvalue weighted by Crippen LogP contribution is 2.28. The van der Waals surface area contributed by atoms with Crippen molar-refractivity contribution >= 4 is 12.2 Å². The smallest absolute Gasteiger partial charge is 0.298 e. The van der Waals surface area contributed by atoms with Gasteiger partial charge in [-0.15, -0.1) is 0 Å². The molecule has 0 saturated heterocycles. The number of nitrogen functional groups attached to an aromatic ring is 1. The fourth-order valence-electron chi connectivity index (χ4n) is 1.43. The van der Waals surface area contributed by atoms with Crippen LogP contribution in [-0.4, -0.2) is 11.5 Å². The molecule has 0 atom stereocenters. The van der Waals surface area contributed by atoms with E-state index in [9.17, 15) is 4.79 Å². The molecule has 2 N–H and O–H groups in total. The maximum absolute atomic E-state index is 10.3. The first kappa shape index (κ1) is 10.2. The lowest BCUT2D eigenvalue weighted by Gasteiger charge is -2.06. The van der Waals surface area contributed by atoms with Gasteiger partial charge in [0.25, 0.3) is 6.47 Å². The SMILES string of the molecule is Nc1ccc(-c2ccncc2OC=O)cc1. The maximum atomic E-state index is 10.3. The lowest BCUT2D eigenvalue weighted by molar-refractivity contribution is -0.120. The third kappa shape index (κ3) is 2.00. The second-order valence-corrected chi connectivity index (χ2v) is 3.21. The zero-order valence-corrected chi connectivity index (χ0v) is 8.46. The zero-order chi connectivity index (χ0) is 11.4. The number of ether oxygens (including phenoxy) is 1. The molecule has 0 fully saturated rings. The largest absolute Gasteiger partial charge is 0.426 e. The lowest BCUT2D eigenvalue weighted by atomic mass is 10.1. The van der Waals surface area contributed by atoms with E-state index in [-0.39, 0.29) is 0 Å². The minimum atomic E-state index is 0.387. The van der Waals surface area contributed by atoms with Crippen molar-refractivity contribution in [1.82, 2.24) is 4.98 Å². The van der Waals surface area contributed by atoms with Gasteiger partial charge < -0.3 is 10.5 Å². The van der Waals surface area contributed by atoms with Crippen LogP contribution in [0.25, 0.3) is 11.1 Å². The fourth-order valence-corrected chi connectivity index (χ4v) is 1.43. The molecule has 0 unspecified atom stereocenters. The Morgan fingerprint density at radius 2 is 1.94 bits per heavy atom. The Morgan fingerprint density at radius 1 is 1.19 bits per heavy atom. The van der Waals surface area contributed by atoms with Crippen LogP contribution in [0.15, 0.2) is 42.7 Å². The Bertz CT molecular complexity index is 495. The van der Waals surface area contributed by atoms with Crippen LogP contribution in [0.1, 0.15) is 0 Å². The van der Waals surface area contributed by atoms with Gasteiger partial charge in [-0.3, -0.25) is 9.78 Å². The number of rotatable bonds is 3. The number of carbonyl (C=O) groups excluding carboxylic acids is 1. The molecule has 16 heavy (non-hydrogen) atoms. The van der Waals surface area contributed by atoms with Gasteiger partial charge in [0.1, 0.15) is 0 Å². The van der Waals surface area contributed by atoms with Crippen molar-refractivity contribution in [2.75, 3.05) is 5.73 Å². The van der Waals surface area contributed by atoms with Crippen LogP contribution in [-0.2, 0) is 4.79 Å². The van der Waals surface area contributed by atoms with E-state index in [1.165, 1.54) is 6.20 Å². The van der Waals surface area contributed by atoms with E-state index in [4.69, 9.17) is 10.5 Å². The average Bonchev–Trinajstić information content (AvgIpc) is 2.32. The number of aromatic nitrogens is 1. The Balaban J connectivity index is 2.46. The van der Waals surface area contributed by atoms with Crippen LogP contribution in [0.2, 0.25) is 0 Å². The summed E-state index contributed by atoms with van der Waals surface area (Å²) in [5.74, 6) is 0.433. The van der Waals surface area contributed by atoms with Crippen molar-refractivity contribution < 1.29 is 9.53 Å². The number of benzene rings is 1. The maximum Gasteiger partial charge on any atom is 0.298 e. The summed E-state index contributed by atoms with van der Waals surface area (Å²) in [6.45, 7) is 0.387. The molecule has 0 spiro atoms. The van der Waals surface area contributed by atoms with Gasteiger partial charge in [0, 0.05) is 17.4 Å². The first-order valence-corrected chi connectivity index (χ1v) is 4.71. The Hall–Kier alpha value is -2.36. The van der Waals surface area contributed by atoms with Gasteiger partial charge >= 0.3 is 0 Å². The van der Waals surface area contributed by atoms with Crippen LogP contribution in [0.5, 0.6) is 5.75 Å². The van der Waals surface area contributed by atoms with E-state index < -0.39 is 0 Å². The number of hydrogen-bond acceptors (Lipinski definition) is 4. The van der Waals surface area contributed by atoms with Gasteiger partial charge in [-0.1, -0.05) is 12.1 Å². The molecule has 0 bridgehead atoms. The molecule has 0 aliphatic heterocycles. The predicted molar refractivity (Wildman–Crippen MR) is 60.8 cm³/mol. The number of anilines is 1. The summed E-state index contributed by atoms with van der Waals surface area (Å²) in [4.78, 5) is 14.2. The predicted octanol–water partition coefficient (Wildman–Crippen LogP) is 1.87. The molecule has 2 rings (SSSR count). The standard InChI is InChI=1S/C12H10N2O2/c13-10-3-1-9(2-4-10)11-5-6-14-7-12(11)16-8-15/h1-8H,13H2. The van der Waals surface area contributed by atoms with Gasteiger partial charge in [0.2, 0.25) is 0 Å². The van der Waals surface area contributed by atoms with Crippen LogP contribution in [0, 0.1) is 0 Å². The minimum absolute atomic E-state index is 0.387. The molecule has 0 aliphatic rings. The quantitative estimate of drug-likeness (QED) is 0.625. The highest BCUT2D eigenvalue weighted by molar-refractivity contribution is 5.72. The number of hydrogen-bond donors (Lipinski definition) is 1. The summed E-state index contributed by atoms with van der Waals surface area (Å²) in [6.07, 6.45) is 3.14. The number of pyridine rings is 1. The van der Waals surface area contributed by atoms with Crippen molar-refractivity contribution in [2.24, 2.45) is 0 Å². The number of nitrogens with zero attached hydrogens (tertiary/aromatic N) is 1. The van der Waals surface area contributed by atoms with Gasteiger partial charge in [0.15, 0.2) is 5.75 Å². The monoisotopic (exact) mass is 214 g/mol. The zero-order valence-electron chi connectivity index (χ0n) is 8.46. The second-order valence-electron chi connectivity index (χ2n) is 3.21. The van der Waals surface area contributed by atoms with Crippen molar-refractivity contribution in [3.05, 3.63) is 42.7 Å². The molecule has 1 heterocycles. The van der Waals surface area contributed by atoms with Gasteiger partial charge in [-0.05, 0) is 23.8 Å². The van der Waals surface area contributed by atoms with Crippen LogP contribution in [0.4, 0.5) is 5.69 Å². The van der Waals surface area contributed by atoms with Crippen molar-refractivity contribution in [2.45, 2.75) is 0 Å². The highest BCUT2D eigenvalue weighted by atomic mass is 16.5. The van der Waals surface area contributed by atoms with Crippen molar-refractivity contribution in [3.8, 4) is 16.9 Å².